The molecule has 11 heteroatoms. The molecule has 1 aromatic heterocycles. The third-order valence-electron chi connectivity index (χ3n) is 6.76. The lowest BCUT2D eigenvalue weighted by Crippen LogP contribution is -2.40. The van der Waals surface area contributed by atoms with Crippen molar-refractivity contribution in [1.29, 1.82) is 0 Å². The Labute approximate surface area is 229 Å². The summed E-state index contributed by atoms with van der Waals surface area (Å²) >= 11 is 1.52. The highest BCUT2D eigenvalue weighted by atomic mass is 32.1. The van der Waals surface area contributed by atoms with E-state index in [-0.39, 0.29) is 25.1 Å². The van der Waals surface area contributed by atoms with E-state index >= 15 is 0 Å². The van der Waals surface area contributed by atoms with Gasteiger partial charge in [-0.2, -0.15) is 0 Å². The van der Waals surface area contributed by atoms with E-state index in [0.717, 1.165) is 16.9 Å². The monoisotopic (exact) mass is 552 g/mol. The van der Waals surface area contributed by atoms with Crippen LogP contribution in [0.4, 0.5) is 15.8 Å². The van der Waals surface area contributed by atoms with E-state index < -0.39 is 29.8 Å². The number of nitrogens with one attached hydrogen (secondary N) is 1. The number of carboxylic acid groups (broad SMARTS) is 1. The van der Waals surface area contributed by atoms with Crippen molar-refractivity contribution in [3.63, 3.8) is 0 Å². The number of carbonyl (C=O) groups excluding carboxylic acids is 3. The molecule has 3 amide bonds. The summed E-state index contributed by atoms with van der Waals surface area (Å²) in [5.74, 6) is -2.16. The summed E-state index contributed by atoms with van der Waals surface area (Å²) in [6.45, 7) is 2.36. The lowest BCUT2D eigenvalue weighted by atomic mass is 9.98. The molecule has 1 aliphatic rings. The van der Waals surface area contributed by atoms with Gasteiger partial charge in [-0.1, -0.05) is 37.3 Å². The topological polar surface area (TPSA) is 110 Å². The second-order valence-corrected chi connectivity index (χ2v) is 10.2. The van der Waals surface area contributed by atoms with Crippen LogP contribution in [0.2, 0.25) is 0 Å². The number of hydrazine groups is 1. The maximum atomic E-state index is 15.0. The maximum Gasteiger partial charge on any atom is 0.305 e. The van der Waals surface area contributed by atoms with Gasteiger partial charge >= 0.3 is 5.97 Å². The van der Waals surface area contributed by atoms with E-state index in [1.165, 1.54) is 44.3 Å². The lowest BCUT2D eigenvalue weighted by Gasteiger charge is -2.32. The number of hydrogen-bond acceptors (Lipinski definition) is 6. The van der Waals surface area contributed by atoms with Gasteiger partial charge in [-0.25, -0.2) is 14.8 Å². The van der Waals surface area contributed by atoms with Gasteiger partial charge in [-0.15, -0.1) is 11.3 Å². The molecular formula is C28H29FN4O5S. The molecule has 0 aliphatic carbocycles. The van der Waals surface area contributed by atoms with Gasteiger partial charge in [0.2, 0.25) is 18.7 Å². The van der Waals surface area contributed by atoms with Gasteiger partial charge < -0.3 is 14.9 Å². The smallest absolute Gasteiger partial charge is 0.305 e. The molecule has 2 atom stereocenters. The molecule has 1 saturated heterocycles. The number of thiophene rings is 1. The molecule has 0 radical (unpaired) electrons. The van der Waals surface area contributed by atoms with E-state index in [9.17, 15) is 28.7 Å². The van der Waals surface area contributed by atoms with Gasteiger partial charge in [0.05, 0.1) is 29.9 Å². The van der Waals surface area contributed by atoms with Crippen molar-refractivity contribution in [1.82, 2.24) is 10.3 Å². The van der Waals surface area contributed by atoms with Crippen LogP contribution in [0.15, 0.2) is 60.0 Å². The van der Waals surface area contributed by atoms with Crippen LogP contribution in [0.25, 0.3) is 0 Å². The minimum atomic E-state index is -1.09. The number of benzene rings is 2. The quantitative estimate of drug-likeness (QED) is 0.246. The summed E-state index contributed by atoms with van der Waals surface area (Å²) in [4.78, 5) is 52.3. The SMILES string of the molecule is CCc1ccc(C(CC(=O)O)N(C=O)C2CC(=O)N(c3cc(N(C=O)NCc4cccs4)ccc3F)C2)cc1. The van der Waals surface area contributed by atoms with Crippen molar-refractivity contribution in [2.45, 2.75) is 44.8 Å². The summed E-state index contributed by atoms with van der Waals surface area (Å²) in [7, 11) is 0. The summed E-state index contributed by atoms with van der Waals surface area (Å²) in [6.07, 6.45) is 1.48. The first-order valence-electron chi connectivity index (χ1n) is 12.5. The number of anilines is 2. The molecule has 39 heavy (non-hydrogen) atoms. The van der Waals surface area contributed by atoms with Crippen LogP contribution in [0.5, 0.6) is 0 Å². The third kappa shape index (κ3) is 6.50. The third-order valence-corrected chi connectivity index (χ3v) is 7.63. The van der Waals surface area contributed by atoms with Crippen molar-refractivity contribution >= 4 is 47.4 Å². The van der Waals surface area contributed by atoms with E-state index in [1.807, 2.05) is 36.6 Å². The number of amides is 3. The fourth-order valence-corrected chi connectivity index (χ4v) is 5.33. The first-order chi connectivity index (χ1) is 18.8. The molecule has 1 fully saturated rings. The molecular weight excluding hydrogens is 523 g/mol. The minimum Gasteiger partial charge on any atom is -0.481 e. The van der Waals surface area contributed by atoms with Crippen molar-refractivity contribution in [3.8, 4) is 0 Å². The number of halogens is 1. The maximum absolute atomic E-state index is 15.0. The van der Waals surface area contributed by atoms with Crippen LogP contribution in [-0.4, -0.2) is 47.3 Å². The first kappa shape index (κ1) is 27.9. The highest BCUT2D eigenvalue weighted by Gasteiger charge is 2.39. The number of hydrogen-bond donors (Lipinski definition) is 2. The molecule has 204 valence electrons. The Morgan fingerprint density at radius 3 is 2.59 bits per heavy atom. The van der Waals surface area contributed by atoms with Crippen molar-refractivity contribution in [3.05, 3.63) is 81.8 Å². The zero-order chi connectivity index (χ0) is 27.9. The predicted octanol–water partition coefficient (Wildman–Crippen LogP) is 3.90. The van der Waals surface area contributed by atoms with Crippen LogP contribution < -0.4 is 15.3 Å². The Hall–Kier alpha value is -4.09. The Bertz CT molecular complexity index is 1320. The van der Waals surface area contributed by atoms with E-state index in [1.54, 1.807) is 12.1 Å². The number of aryl methyl sites for hydroxylation is 1. The molecule has 2 N–H and O–H groups in total. The molecule has 4 rings (SSSR count). The first-order valence-corrected chi connectivity index (χ1v) is 13.4. The highest BCUT2D eigenvalue weighted by molar-refractivity contribution is 7.09. The molecule has 1 aliphatic heterocycles. The second kappa shape index (κ2) is 12.6. The van der Waals surface area contributed by atoms with Gasteiger partial charge in [0.15, 0.2) is 0 Å². The number of carbonyl (C=O) groups is 4. The molecule has 0 saturated carbocycles. The van der Waals surface area contributed by atoms with Gasteiger partial charge in [-0.05, 0) is 47.2 Å². The molecule has 0 bridgehead atoms. The predicted molar refractivity (Wildman–Crippen MR) is 146 cm³/mol. The number of rotatable bonds is 13. The van der Waals surface area contributed by atoms with Crippen LogP contribution >= 0.6 is 11.3 Å². The van der Waals surface area contributed by atoms with Crippen LogP contribution in [0, 0.1) is 5.82 Å². The average Bonchev–Trinajstić information content (AvgIpc) is 3.59. The molecule has 9 nitrogen and oxygen atoms in total. The number of aliphatic carboxylic acids is 1. The summed E-state index contributed by atoms with van der Waals surface area (Å²) in [5, 5.41) is 12.7. The van der Waals surface area contributed by atoms with Gasteiger partial charge in [0.25, 0.3) is 0 Å². The zero-order valence-electron chi connectivity index (χ0n) is 21.3. The van der Waals surface area contributed by atoms with Crippen molar-refractivity contribution in [2.75, 3.05) is 16.5 Å². The van der Waals surface area contributed by atoms with Gasteiger partial charge in [0, 0.05) is 24.4 Å². The fourth-order valence-electron chi connectivity index (χ4n) is 4.69. The molecule has 2 unspecified atom stereocenters. The number of nitrogens with zero attached hydrogens (tertiary/aromatic N) is 3. The summed E-state index contributed by atoms with van der Waals surface area (Å²) in [5.41, 5.74) is 4.98. The summed E-state index contributed by atoms with van der Waals surface area (Å²) < 4.78 is 15.0. The normalized spacial score (nSPS) is 15.7. The van der Waals surface area contributed by atoms with Crippen LogP contribution in [-0.2, 0) is 32.1 Å². The Morgan fingerprint density at radius 1 is 1.21 bits per heavy atom. The summed E-state index contributed by atoms with van der Waals surface area (Å²) in [6, 6.07) is 13.7. The van der Waals surface area contributed by atoms with Gasteiger partial charge in [0.1, 0.15) is 5.82 Å². The molecule has 3 aromatic rings. The largest absolute Gasteiger partial charge is 0.481 e. The average molecular weight is 553 g/mol. The number of carboxylic acids is 1. The van der Waals surface area contributed by atoms with Crippen molar-refractivity contribution in [2.24, 2.45) is 0 Å². The van der Waals surface area contributed by atoms with Crippen LogP contribution in [0.3, 0.4) is 0 Å². The Morgan fingerprint density at radius 2 is 1.97 bits per heavy atom. The van der Waals surface area contributed by atoms with E-state index in [4.69, 9.17) is 0 Å². The fraction of sp³-hybridized carbons (Fsp3) is 0.286. The Balaban J connectivity index is 1.56. The van der Waals surface area contributed by atoms with Gasteiger partial charge in [-0.3, -0.25) is 19.2 Å². The minimum absolute atomic E-state index is 0.0230. The molecule has 2 heterocycles. The standard InChI is InChI=1S/C28H29FN4O5S/c1-2-19-5-7-20(8-6-19)25(14-28(37)38)32(17-34)22-13-27(36)31(16-22)26-12-21(9-10-24(26)29)33(18-35)30-15-23-4-3-11-39-23/h3-12,17-18,22,25,30H,2,13-16H2,1H3,(H,37,38). The lowest BCUT2D eigenvalue weighted by molar-refractivity contribution is -0.139. The van der Waals surface area contributed by atoms with Crippen LogP contribution in [0.1, 0.15) is 41.8 Å². The Kier molecular flexibility index (Phi) is 9.05. The highest BCUT2D eigenvalue weighted by Crippen LogP contribution is 2.34. The zero-order valence-corrected chi connectivity index (χ0v) is 22.1. The van der Waals surface area contributed by atoms with E-state index in [2.05, 4.69) is 5.43 Å². The second-order valence-electron chi connectivity index (χ2n) is 9.15. The molecule has 0 spiro atoms. The molecule has 2 aromatic carbocycles. The van der Waals surface area contributed by atoms with Crippen molar-refractivity contribution < 1.29 is 28.7 Å². The van der Waals surface area contributed by atoms with E-state index in [0.29, 0.717) is 30.6 Å².